The molecule has 0 spiro atoms. The van der Waals surface area contributed by atoms with Crippen LogP contribution in [0.2, 0.25) is 0 Å². The molecule has 0 saturated heterocycles. The quantitative estimate of drug-likeness (QED) is 0.699. The number of hydrogen-bond acceptors (Lipinski definition) is 2. The highest BCUT2D eigenvalue weighted by atomic mass is 79.9. The summed E-state index contributed by atoms with van der Waals surface area (Å²) in [6.07, 6.45) is 2.57. The fourth-order valence-corrected chi connectivity index (χ4v) is 3.79. The molecule has 0 amide bonds. The van der Waals surface area contributed by atoms with E-state index in [4.69, 9.17) is 0 Å². The highest BCUT2D eigenvalue weighted by Crippen LogP contribution is 2.31. The number of alkyl halides is 1. The van der Waals surface area contributed by atoms with Crippen molar-refractivity contribution in [2.45, 2.75) is 44.4 Å². The summed E-state index contributed by atoms with van der Waals surface area (Å²) >= 11 is 3.32. The maximum Gasteiger partial charge on any atom is 0.217 e. The van der Waals surface area contributed by atoms with Crippen molar-refractivity contribution in [3.8, 4) is 0 Å². The van der Waals surface area contributed by atoms with Gasteiger partial charge in [0.15, 0.2) is 0 Å². The molecule has 0 aromatic carbocycles. The largest absolute Gasteiger partial charge is 0.217 e. The minimum absolute atomic E-state index is 0.0830. The summed E-state index contributed by atoms with van der Waals surface area (Å²) in [5, 5.41) is 0.774. The average Bonchev–Trinajstić information content (AvgIpc) is 2.85. The van der Waals surface area contributed by atoms with Crippen molar-refractivity contribution < 1.29 is 8.42 Å². The van der Waals surface area contributed by atoms with Gasteiger partial charge >= 0.3 is 0 Å². The van der Waals surface area contributed by atoms with Crippen molar-refractivity contribution >= 4 is 26.0 Å². The highest BCUT2D eigenvalue weighted by molar-refractivity contribution is 9.09. The van der Waals surface area contributed by atoms with Gasteiger partial charge in [0.25, 0.3) is 0 Å². The number of sulfonamides is 1. The lowest BCUT2D eigenvalue weighted by molar-refractivity contribution is 0.354. The molecule has 1 fully saturated rings. The van der Waals surface area contributed by atoms with Crippen LogP contribution in [0.3, 0.4) is 0 Å². The molecule has 0 aliphatic heterocycles. The van der Waals surface area contributed by atoms with Crippen LogP contribution in [0.1, 0.15) is 33.1 Å². The maximum absolute atomic E-state index is 12.0. The van der Waals surface area contributed by atoms with E-state index in [2.05, 4.69) is 15.9 Å². The second kappa shape index (κ2) is 4.94. The van der Waals surface area contributed by atoms with Crippen molar-refractivity contribution in [1.82, 2.24) is 4.31 Å². The van der Waals surface area contributed by atoms with Gasteiger partial charge in [0, 0.05) is 17.9 Å². The third-order valence-corrected chi connectivity index (χ3v) is 5.49. The summed E-state index contributed by atoms with van der Waals surface area (Å²) in [6.45, 7) is 4.52. The monoisotopic (exact) mass is 283 g/mol. The standard InChI is InChI=1S/C9H18BrNO2S/c1-8(2)11(7-3-6-10)14(12,13)9-4-5-9/h8-9H,3-7H2,1-2H3. The molecule has 0 aromatic heterocycles. The Bertz CT molecular complexity index is 273. The Kier molecular flexibility index (Phi) is 4.40. The third kappa shape index (κ3) is 2.94. The third-order valence-electron chi connectivity index (χ3n) is 2.36. The lowest BCUT2D eigenvalue weighted by Gasteiger charge is -2.25. The van der Waals surface area contributed by atoms with Gasteiger partial charge in [-0.3, -0.25) is 0 Å². The van der Waals surface area contributed by atoms with E-state index in [9.17, 15) is 8.42 Å². The highest BCUT2D eigenvalue weighted by Gasteiger charge is 2.40. The molecule has 1 saturated carbocycles. The maximum atomic E-state index is 12.0. The fourth-order valence-electron chi connectivity index (χ4n) is 1.45. The first-order valence-corrected chi connectivity index (χ1v) is 7.69. The molecule has 0 atom stereocenters. The number of hydrogen-bond donors (Lipinski definition) is 0. The fraction of sp³-hybridized carbons (Fsp3) is 1.00. The van der Waals surface area contributed by atoms with E-state index < -0.39 is 10.0 Å². The molecule has 0 heterocycles. The molecule has 0 aromatic rings. The van der Waals surface area contributed by atoms with Crippen molar-refractivity contribution in [2.75, 3.05) is 11.9 Å². The van der Waals surface area contributed by atoms with Crippen LogP contribution in [-0.2, 0) is 10.0 Å². The first-order chi connectivity index (χ1) is 6.50. The summed E-state index contributed by atoms with van der Waals surface area (Å²) in [4.78, 5) is 0. The van der Waals surface area contributed by atoms with Gasteiger partial charge in [-0.05, 0) is 33.1 Å². The lowest BCUT2D eigenvalue weighted by atomic mass is 10.4. The minimum Gasteiger partial charge on any atom is -0.212 e. The van der Waals surface area contributed by atoms with Gasteiger partial charge in [-0.15, -0.1) is 0 Å². The zero-order valence-corrected chi connectivity index (χ0v) is 11.1. The Morgan fingerprint density at radius 3 is 2.36 bits per heavy atom. The summed E-state index contributed by atoms with van der Waals surface area (Å²) in [6, 6.07) is 0.0830. The van der Waals surface area contributed by atoms with Crippen molar-refractivity contribution in [1.29, 1.82) is 0 Å². The van der Waals surface area contributed by atoms with Gasteiger partial charge in [-0.25, -0.2) is 8.42 Å². The Labute approximate surface area is 95.0 Å². The zero-order chi connectivity index (χ0) is 10.8. The molecule has 5 heteroatoms. The summed E-state index contributed by atoms with van der Waals surface area (Å²) in [5.41, 5.74) is 0. The van der Waals surface area contributed by atoms with Gasteiger partial charge in [-0.2, -0.15) is 4.31 Å². The zero-order valence-electron chi connectivity index (χ0n) is 8.74. The van der Waals surface area contributed by atoms with Gasteiger partial charge in [0.1, 0.15) is 0 Å². The normalized spacial score (nSPS) is 18.1. The van der Waals surface area contributed by atoms with E-state index in [-0.39, 0.29) is 11.3 Å². The SMILES string of the molecule is CC(C)N(CCCBr)S(=O)(=O)C1CC1. The van der Waals surface area contributed by atoms with Crippen LogP contribution in [0.25, 0.3) is 0 Å². The van der Waals surface area contributed by atoms with Crippen LogP contribution in [0.15, 0.2) is 0 Å². The second-order valence-electron chi connectivity index (χ2n) is 3.99. The van der Waals surface area contributed by atoms with Crippen molar-refractivity contribution in [3.63, 3.8) is 0 Å². The second-order valence-corrected chi connectivity index (χ2v) is 6.95. The predicted octanol–water partition coefficient (Wildman–Crippen LogP) is 1.97. The Hall–Kier alpha value is 0.390. The Balaban J connectivity index is 2.66. The molecule has 0 unspecified atom stereocenters. The van der Waals surface area contributed by atoms with Crippen LogP contribution < -0.4 is 0 Å². The molecule has 1 aliphatic carbocycles. The molecule has 0 bridgehead atoms. The van der Waals surface area contributed by atoms with Gasteiger partial charge in [0.2, 0.25) is 10.0 Å². The molecule has 84 valence electrons. The van der Waals surface area contributed by atoms with E-state index in [1.54, 1.807) is 4.31 Å². The number of halogens is 1. The van der Waals surface area contributed by atoms with Crippen LogP contribution in [0.4, 0.5) is 0 Å². The summed E-state index contributed by atoms with van der Waals surface area (Å²) in [7, 11) is -2.99. The van der Waals surface area contributed by atoms with Gasteiger partial charge < -0.3 is 0 Å². The number of rotatable bonds is 6. The van der Waals surface area contributed by atoms with Crippen LogP contribution in [0.5, 0.6) is 0 Å². The van der Waals surface area contributed by atoms with Crippen LogP contribution in [0, 0.1) is 0 Å². The lowest BCUT2D eigenvalue weighted by Crippen LogP contribution is -2.39. The van der Waals surface area contributed by atoms with E-state index >= 15 is 0 Å². The summed E-state index contributed by atoms with van der Waals surface area (Å²) in [5.74, 6) is 0. The molecule has 1 rings (SSSR count). The van der Waals surface area contributed by atoms with Gasteiger partial charge in [0.05, 0.1) is 5.25 Å². The predicted molar refractivity (Wildman–Crippen MR) is 62.2 cm³/mol. The topological polar surface area (TPSA) is 37.4 Å². The first-order valence-electron chi connectivity index (χ1n) is 5.06. The van der Waals surface area contributed by atoms with Crippen LogP contribution >= 0.6 is 15.9 Å². The smallest absolute Gasteiger partial charge is 0.212 e. The molecule has 3 nitrogen and oxygen atoms in total. The van der Waals surface area contributed by atoms with Crippen LogP contribution in [-0.4, -0.2) is 35.9 Å². The molecular weight excluding hydrogens is 266 g/mol. The molecule has 14 heavy (non-hydrogen) atoms. The molecular formula is C9H18BrNO2S. The molecule has 0 radical (unpaired) electrons. The van der Waals surface area contributed by atoms with E-state index in [1.807, 2.05) is 13.8 Å². The minimum atomic E-state index is -2.99. The van der Waals surface area contributed by atoms with E-state index in [1.165, 1.54) is 0 Å². The van der Waals surface area contributed by atoms with Gasteiger partial charge in [-0.1, -0.05) is 15.9 Å². The van der Waals surface area contributed by atoms with Crippen molar-refractivity contribution in [3.05, 3.63) is 0 Å². The number of nitrogens with zero attached hydrogens (tertiary/aromatic N) is 1. The van der Waals surface area contributed by atoms with Crippen molar-refractivity contribution in [2.24, 2.45) is 0 Å². The first kappa shape index (κ1) is 12.5. The molecule has 1 aliphatic rings. The molecule has 0 N–H and O–H groups in total. The Morgan fingerprint density at radius 1 is 1.43 bits per heavy atom. The van der Waals surface area contributed by atoms with E-state index in [0.29, 0.717) is 6.54 Å². The Morgan fingerprint density at radius 2 is 2.00 bits per heavy atom. The van der Waals surface area contributed by atoms with E-state index in [0.717, 1.165) is 24.6 Å². The average molecular weight is 284 g/mol. The summed E-state index contributed by atoms with van der Waals surface area (Å²) < 4.78 is 25.5.